The normalized spacial score (nSPS) is 16.2. The van der Waals surface area contributed by atoms with Crippen molar-refractivity contribution in [2.45, 2.75) is 32.0 Å². The Hall–Kier alpha value is -2.08. The van der Waals surface area contributed by atoms with Crippen molar-refractivity contribution in [1.29, 1.82) is 0 Å². The first-order chi connectivity index (χ1) is 12.8. The van der Waals surface area contributed by atoms with E-state index >= 15 is 0 Å². The Kier molecular flexibility index (Phi) is 5.39. The van der Waals surface area contributed by atoms with Crippen molar-refractivity contribution in [3.8, 4) is 11.3 Å². The zero-order chi connectivity index (χ0) is 17.8. The van der Waals surface area contributed by atoms with Gasteiger partial charge < -0.3 is 14.3 Å². The minimum atomic E-state index is 0.506. The molecule has 0 unspecified atom stereocenters. The molecule has 0 spiro atoms. The number of nitrogens with zero attached hydrogens (tertiary/aromatic N) is 2. The molecule has 0 radical (unpaired) electrons. The summed E-state index contributed by atoms with van der Waals surface area (Å²) in [5, 5.41) is 8.46. The quantitative estimate of drug-likeness (QED) is 0.698. The number of piperidine rings is 1. The maximum absolute atomic E-state index is 5.93. The van der Waals surface area contributed by atoms with E-state index in [4.69, 9.17) is 20.5 Å². The maximum Gasteiger partial charge on any atom is 0.151 e. The number of benzene rings is 1. The van der Waals surface area contributed by atoms with Crippen LogP contribution in [-0.2, 0) is 13.1 Å². The molecule has 0 aliphatic carbocycles. The van der Waals surface area contributed by atoms with Gasteiger partial charge in [-0.25, -0.2) is 0 Å². The van der Waals surface area contributed by atoms with Crippen LogP contribution in [0.1, 0.15) is 24.4 Å². The van der Waals surface area contributed by atoms with E-state index in [1.54, 1.807) is 6.26 Å². The molecule has 0 saturated carbocycles. The van der Waals surface area contributed by atoms with Crippen LogP contribution < -0.4 is 5.32 Å². The second-order valence-corrected chi connectivity index (χ2v) is 7.13. The lowest BCUT2D eigenvalue weighted by Gasteiger charge is -2.31. The van der Waals surface area contributed by atoms with Crippen molar-refractivity contribution >= 4 is 11.6 Å². The monoisotopic (exact) mass is 371 g/mol. The predicted octanol–water partition coefficient (Wildman–Crippen LogP) is 4.34. The maximum atomic E-state index is 5.93. The Morgan fingerprint density at radius 1 is 1.12 bits per heavy atom. The van der Waals surface area contributed by atoms with Crippen molar-refractivity contribution in [1.82, 2.24) is 15.4 Å². The van der Waals surface area contributed by atoms with Gasteiger partial charge in [-0.15, -0.1) is 0 Å². The fraction of sp³-hybridized carbons (Fsp3) is 0.350. The Balaban J connectivity index is 1.24. The fourth-order valence-electron chi connectivity index (χ4n) is 3.32. The third kappa shape index (κ3) is 4.36. The Labute approximate surface area is 157 Å². The van der Waals surface area contributed by atoms with Gasteiger partial charge in [0.25, 0.3) is 0 Å². The van der Waals surface area contributed by atoms with Crippen molar-refractivity contribution in [3.05, 3.63) is 65.3 Å². The molecule has 2 aromatic heterocycles. The Bertz CT molecular complexity index is 806. The van der Waals surface area contributed by atoms with E-state index in [0.29, 0.717) is 12.6 Å². The number of halogens is 1. The van der Waals surface area contributed by atoms with Crippen LogP contribution in [0.3, 0.4) is 0 Å². The molecule has 1 saturated heterocycles. The van der Waals surface area contributed by atoms with E-state index < -0.39 is 0 Å². The topological polar surface area (TPSA) is 54.4 Å². The lowest BCUT2D eigenvalue weighted by atomic mass is 10.0. The molecule has 3 aromatic rings. The first-order valence-electron chi connectivity index (χ1n) is 8.96. The highest BCUT2D eigenvalue weighted by Crippen LogP contribution is 2.21. The number of likely N-dealkylation sites (tertiary alicyclic amines) is 1. The molecule has 0 bridgehead atoms. The summed E-state index contributed by atoms with van der Waals surface area (Å²) in [6.07, 6.45) is 3.98. The SMILES string of the molecule is Clc1ccc(-c2cc(CNC3CCN(Cc4ccco4)CC3)on2)cc1. The highest BCUT2D eigenvalue weighted by Gasteiger charge is 2.20. The van der Waals surface area contributed by atoms with E-state index in [1.165, 1.54) is 0 Å². The van der Waals surface area contributed by atoms with Gasteiger partial charge in [0.2, 0.25) is 0 Å². The van der Waals surface area contributed by atoms with Crippen molar-refractivity contribution in [2.24, 2.45) is 0 Å². The lowest BCUT2D eigenvalue weighted by Crippen LogP contribution is -2.41. The van der Waals surface area contributed by atoms with Gasteiger partial charge in [-0.3, -0.25) is 4.90 Å². The summed E-state index contributed by atoms with van der Waals surface area (Å²) in [4.78, 5) is 2.43. The minimum absolute atomic E-state index is 0.506. The van der Waals surface area contributed by atoms with E-state index in [9.17, 15) is 0 Å². The first-order valence-corrected chi connectivity index (χ1v) is 9.34. The lowest BCUT2D eigenvalue weighted by molar-refractivity contribution is 0.176. The second-order valence-electron chi connectivity index (χ2n) is 6.70. The Morgan fingerprint density at radius 3 is 2.65 bits per heavy atom. The zero-order valence-electron chi connectivity index (χ0n) is 14.5. The van der Waals surface area contributed by atoms with Gasteiger partial charge in [0, 0.05) is 35.8 Å². The van der Waals surface area contributed by atoms with Gasteiger partial charge in [-0.1, -0.05) is 28.9 Å². The second kappa shape index (κ2) is 8.08. The summed E-state index contributed by atoms with van der Waals surface area (Å²) >= 11 is 5.93. The molecule has 4 rings (SSSR count). The van der Waals surface area contributed by atoms with Crippen molar-refractivity contribution in [3.63, 3.8) is 0 Å². The highest BCUT2D eigenvalue weighted by atomic mass is 35.5. The van der Waals surface area contributed by atoms with E-state index in [1.807, 2.05) is 42.5 Å². The molecule has 6 heteroatoms. The van der Waals surface area contributed by atoms with Gasteiger partial charge in [-0.05, 0) is 37.1 Å². The highest BCUT2D eigenvalue weighted by molar-refractivity contribution is 6.30. The Morgan fingerprint density at radius 2 is 1.92 bits per heavy atom. The van der Waals surface area contributed by atoms with Crippen molar-refractivity contribution < 1.29 is 8.94 Å². The fourth-order valence-corrected chi connectivity index (χ4v) is 3.44. The largest absolute Gasteiger partial charge is 0.468 e. The first kappa shape index (κ1) is 17.3. The molecule has 136 valence electrons. The molecule has 1 fully saturated rings. The van der Waals surface area contributed by atoms with Crippen LogP contribution in [0.2, 0.25) is 5.02 Å². The number of furan rings is 1. The molecular weight excluding hydrogens is 350 g/mol. The summed E-state index contributed by atoms with van der Waals surface area (Å²) in [5.41, 5.74) is 1.85. The van der Waals surface area contributed by atoms with Crippen molar-refractivity contribution in [2.75, 3.05) is 13.1 Å². The number of aromatic nitrogens is 1. The third-order valence-corrected chi connectivity index (χ3v) is 5.06. The van der Waals surface area contributed by atoms with Gasteiger partial charge in [-0.2, -0.15) is 0 Å². The molecule has 1 aliphatic heterocycles. The molecular formula is C20H22ClN3O2. The summed E-state index contributed by atoms with van der Waals surface area (Å²) in [6, 6.07) is 14.1. The summed E-state index contributed by atoms with van der Waals surface area (Å²) in [7, 11) is 0. The smallest absolute Gasteiger partial charge is 0.151 e. The summed E-state index contributed by atoms with van der Waals surface area (Å²) in [5.74, 6) is 1.89. The standard InChI is InChI=1S/C20H22ClN3O2/c21-16-5-3-15(4-6-16)20-12-19(26-23-20)13-22-17-7-9-24(10-8-17)14-18-2-1-11-25-18/h1-6,11-12,17,22H,7-10,13-14H2. The molecule has 3 heterocycles. The molecule has 26 heavy (non-hydrogen) atoms. The molecule has 1 N–H and O–H groups in total. The molecule has 0 atom stereocenters. The molecule has 1 aromatic carbocycles. The van der Waals surface area contributed by atoms with Gasteiger partial charge in [0.15, 0.2) is 5.76 Å². The number of hydrogen-bond donors (Lipinski definition) is 1. The third-order valence-electron chi connectivity index (χ3n) is 4.81. The van der Waals surface area contributed by atoms with Crippen LogP contribution in [-0.4, -0.2) is 29.2 Å². The number of nitrogens with one attached hydrogen (secondary N) is 1. The van der Waals surface area contributed by atoms with Crippen LogP contribution in [0.15, 0.2) is 57.7 Å². The average molecular weight is 372 g/mol. The molecule has 1 aliphatic rings. The van der Waals surface area contributed by atoms with Crippen LogP contribution in [0.25, 0.3) is 11.3 Å². The van der Waals surface area contributed by atoms with Crippen LogP contribution in [0, 0.1) is 0 Å². The van der Waals surface area contributed by atoms with Crippen LogP contribution in [0.4, 0.5) is 0 Å². The van der Waals surface area contributed by atoms with E-state index in [0.717, 1.165) is 60.3 Å². The van der Waals surface area contributed by atoms with Crippen LogP contribution in [0.5, 0.6) is 0 Å². The minimum Gasteiger partial charge on any atom is -0.468 e. The summed E-state index contributed by atoms with van der Waals surface area (Å²) < 4.78 is 10.9. The van der Waals surface area contributed by atoms with Crippen LogP contribution >= 0.6 is 11.6 Å². The van der Waals surface area contributed by atoms with Gasteiger partial charge >= 0.3 is 0 Å². The summed E-state index contributed by atoms with van der Waals surface area (Å²) in [6.45, 7) is 3.74. The average Bonchev–Trinajstić information content (AvgIpc) is 3.34. The zero-order valence-corrected chi connectivity index (χ0v) is 15.3. The molecule has 0 amide bonds. The predicted molar refractivity (Wildman–Crippen MR) is 101 cm³/mol. The van der Waals surface area contributed by atoms with Gasteiger partial charge in [0.1, 0.15) is 11.5 Å². The number of hydrogen-bond acceptors (Lipinski definition) is 5. The van der Waals surface area contributed by atoms with Gasteiger partial charge in [0.05, 0.1) is 19.4 Å². The molecule has 5 nitrogen and oxygen atoms in total. The van der Waals surface area contributed by atoms with E-state index in [-0.39, 0.29) is 0 Å². The number of rotatable bonds is 6. The van der Waals surface area contributed by atoms with E-state index in [2.05, 4.69) is 15.4 Å².